The highest BCUT2D eigenvalue weighted by Gasteiger charge is 2.37. The van der Waals surface area contributed by atoms with Gasteiger partial charge in [0.05, 0.1) is 0 Å². The van der Waals surface area contributed by atoms with Crippen molar-refractivity contribution in [1.29, 1.82) is 0 Å². The molecule has 0 amide bonds. The van der Waals surface area contributed by atoms with Gasteiger partial charge in [-0.05, 0) is 31.4 Å². The van der Waals surface area contributed by atoms with E-state index in [-0.39, 0.29) is 24.8 Å². The molecule has 0 saturated heterocycles. The maximum atomic E-state index is 13.5. The molecule has 0 aliphatic heterocycles. The maximum Gasteiger partial charge on any atom is 0.255 e. The maximum absolute atomic E-state index is 13.5. The van der Waals surface area contributed by atoms with Gasteiger partial charge in [0.1, 0.15) is 5.82 Å². The SMILES string of the molecule is CCC1=C(/C=C\C(N)C(C)c2ncc(C)c(C)n2)CC(F)(F)C1. The van der Waals surface area contributed by atoms with Crippen LogP contribution in [0.1, 0.15) is 56.1 Å². The fourth-order valence-electron chi connectivity index (χ4n) is 2.75. The van der Waals surface area contributed by atoms with Crippen molar-refractivity contribution in [2.75, 3.05) is 0 Å². The molecule has 3 nitrogen and oxygen atoms in total. The molecular weight excluding hydrogens is 296 g/mol. The molecule has 2 rings (SSSR count). The molecular formula is C18H25F2N3. The van der Waals surface area contributed by atoms with Gasteiger partial charge in [-0.2, -0.15) is 0 Å². The molecule has 1 heterocycles. The monoisotopic (exact) mass is 321 g/mol. The molecule has 1 aromatic rings. The van der Waals surface area contributed by atoms with Crippen molar-refractivity contribution in [3.63, 3.8) is 0 Å². The van der Waals surface area contributed by atoms with E-state index in [1.165, 1.54) is 0 Å². The lowest BCUT2D eigenvalue weighted by Gasteiger charge is -2.16. The third-order valence-corrected chi connectivity index (χ3v) is 4.55. The van der Waals surface area contributed by atoms with E-state index in [4.69, 9.17) is 5.73 Å². The van der Waals surface area contributed by atoms with Crippen LogP contribution in [0.25, 0.3) is 0 Å². The number of nitrogens with zero attached hydrogens (tertiary/aromatic N) is 2. The van der Waals surface area contributed by atoms with Gasteiger partial charge < -0.3 is 5.73 Å². The topological polar surface area (TPSA) is 51.8 Å². The average Bonchev–Trinajstić information content (AvgIpc) is 2.81. The highest BCUT2D eigenvalue weighted by Crippen LogP contribution is 2.41. The van der Waals surface area contributed by atoms with Crippen LogP contribution < -0.4 is 5.73 Å². The highest BCUT2D eigenvalue weighted by molar-refractivity contribution is 5.33. The van der Waals surface area contributed by atoms with Gasteiger partial charge in [-0.25, -0.2) is 18.7 Å². The molecule has 2 unspecified atom stereocenters. The van der Waals surface area contributed by atoms with Crippen LogP contribution in [0.5, 0.6) is 0 Å². The fourth-order valence-corrected chi connectivity index (χ4v) is 2.75. The molecule has 0 saturated carbocycles. The van der Waals surface area contributed by atoms with Crippen LogP contribution >= 0.6 is 0 Å². The zero-order valence-electron chi connectivity index (χ0n) is 14.2. The van der Waals surface area contributed by atoms with E-state index in [2.05, 4.69) is 9.97 Å². The predicted octanol–water partition coefficient (Wildman–Crippen LogP) is 4.22. The van der Waals surface area contributed by atoms with Crippen LogP contribution in [0.3, 0.4) is 0 Å². The van der Waals surface area contributed by atoms with Crippen molar-refractivity contribution < 1.29 is 8.78 Å². The molecule has 0 radical (unpaired) electrons. The molecule has 23 heavy (non-hydrogen) atoms. The molecule has 1 aromatic heterocycles. The van der Waals surface area contributed by atoms with Crippen molar-refractivity contribution in [3.05, 3.63) is 46.6 Å². The number of hydrogen-bond donors (Lipinski definition) is 1. The van der Waals surface area contributed by atoms with Gasteiger partial charge in [-0.1, -0.05) is 31.6 Å². The van der Waals surface area contributed by atoms with Crippen molar-refractivity contribution in [2.45, 2.75) is 64.8 Å². The largest absolute Gasteiger partial charge is 0.324 e. The average molecular weight is 321 g/mol. The zero-order valence-corrected chi connectivity index (χ0v) is 14.2. The Balaban J connectivity index is 2.11. The van der Waals surface area contributed by atoms with E-state index >= 15 is 0 Å². The van der Waals surface area contributed by atoms with E-state index < -0.39 is 5.92 Å². The first-order valence-corrected chi connectivity index (χ1v) is 8.06. The molecule has 0 aromatic carbocycles. The van der Waals surface area contributed by atoms with Gasteiger partial charge in [-0.15, -0.1) is 0 Å². The van der Waals surface area contributed by atoms with Crippen molar-refractivity contribution >= 4 is 0 Å². The van der Waals surface area contributed by atoms with Gasteiger partial charge in [-0.3, -0.25) is 0 Å². The summed E-state index contributed by atoms with van der Waals surface area (Å²) in [5.74, 6) is -2.00. The second-order valence-electron chi connectivity index (χ2n) is 6.41. The number of allylic oxidation sites excluding steroid dienone is 3. The van der Waals surface area contributed by atoms with Crippen molar-refractivity contribution in [3.8, 4) is 0 Å². The molecule has 0 spiro atoms. The molecule has 0 fully saturated rings. The van der Waals surface area contributed by atoms with Crippen LogP contribution in [0.2, 0.25) is 0 Å². The van der Waals surface area contributed by atoms with Gasteiger partial charge in [0, 0.05) is 36.7 Å². The highest BCUT2D eigenvalue weighted by atomic mass is 19.3. The number of nitrogens with two attached hydrogens (primary N) is 1. The second-order valence-corrected chi connectivity index (χ2v) is 6.41. The standard InChI is InChI=1S/C18H25F2N3/c1-5-14-8-18(19,20)9-15(14)6-7-16(21)12(3)17-22-10-11(2)13(4)23-17/h6-7,10,12,16H,5,8-9,21H2,1-4H3/b7-6-. The summed E-state index contributed by atoms with van der Waals surface area (Å²) in [5, 5.41) is 0. The Morgan fingerprint density at radius 2 is 2.04 bits per heavy atom. The van der Waals surface area contributed by atoms with Crippen LogP contribution in [-0.4, -0.2) is 21.9 Å². The summed E-state index contributed by atoms with van der Waals surface area (Å²) in [6, 6.07) is -0.308. The van der Waals surface area contributed by atoms with Gasteiger partial charge >= 0.3 is 0 Å². The minimum absolute atomic E-state index is 0.0712. The first-order valence-electron chi connectivity index (χ1n) is 8.06. The number of aryl methyl sites for hydroxylation is 2. The smallest absolute Gasteiger partial charge is 0.255 e. The van der Waals surface area contributed by atoms with E-state index in [0.717, 1.165) is 22.4 Å². The normalized spacial score (nSPS) is 20.3. The Morgan fingerprint density at radius 1 is 1.35 bits per heavy atom. The lowest BCUT2D eigenvalue weighted by molar-refractivity contribution is 0.0126. The zero-order chi connectivity index (χ0) is 17.2. The second kappa shape index (κ2) is 6.87. The Bertz CT molecular complexity index is 635. The lowest BCUT2D eigenvalue weighted by Crippen LogP contribution is -2.26. The van der Waals surface area contributed by atoms with Crippen LogP contribution in [-0.2, 0) is 0 Å². The molecule has 2 atom stereocenters. The quantitative estimate of drug-likeness (QED) is 0.883. The minimum atomic E-state index is -2.61. The van der Waals surface area contributed by atoms with E-state index in [0.29, 0.717) is 12.2 Å². The predicted molar refractivity (Wildman–Crippen MR) is 88.5 cm³/mol. The Morgan fingerprint density at radius 3 is 2.65 bits per heavy atom. The Hall–Kier alpha value is -1.62. The summed E-state index contributed by atoms with van der Waals surface area (Å²) in [6.45, 7) is 7.77. The van der Waals surface area contributed by atoms with E-state index in [1.807, 2.05) is 27.7 Å². The van der Waals surface area contributed by atoms with Gasteiger partial charge in [0.2, 0.25) is 0 Å². The third-order valence-electron chi connectivity index (χ3n) is 4.55. The van der Waals surface area contributed by atoms with Crippen molar-refractivity contribution in [1.82, 2.24) is 9.97 Å². The van der Waals surface area contributed by atoms with Crippen LogP contribution in [0.15, 0.2) is 29.5 Å². The number of halogens is 2. The van der Waals surface area contributed by atoms with Crippen LogP contribution in [0.4, 0.5) is 8.78 Å². The summed E-state index contributed by atoms with van der Waals surface area (Å²) in [6.07, 6.45) is 5.69. The van der Waals surface area contributed by atoms with Crippen molar-refractivity contribution in [2.24, 2.45) is 5.73 Å². The molecule has 2 N–H and O–H groups in total. The molecule has 0 bridgehead atoms. The van der Waals surface area contributed by atoms with E-state index in [9.17, 15) is 8.78 Å². The summed E-state index contributed by atoms with van der Waals surface area (Å²) >= 11 is 0. The number of aromatic nitrogens is 2. The Labute approximate surface area is 136 Å². The minimum Gasteiger partial charge on any atom is -0.324 e. The molecule has 126 valence electrons. The Kier molecular flexibility index (Phi) is 5.30. The number of hydrogen-bond acceptors (Lipinski definition) is 3. The number of alkyl halides is 2. The third kappa shape index (κ3) is 4.22. The van der Waals surface area contributed by atoms with E-state index in [1.54, 1.807) is 18.3 Å². The number of rotatable bonds is 5. The lowest BCUT2D eigenvalue weighted by atomic mass is 9.99. The fraction of sp³-hybridized carbons (Fsp3) is 0.556. The first kappa shape index (κ1) is 17.7. The molecule has 1 aliphatic rings. The van der Waals surface area contributed by atoms with Crippen LogP contribution in [0, 0.1) is 13.8 Å². The summed E-state index contributed by atoms with van der Waals surface area (Å²) in [5.41, 5.74) is 9.72. The first-order chi connectivity index (χ1) is 10.7. The summed E-state index contributed by atoms with van der Waals surface area (Å²) < 4.78 is 27.1. The molecule has 1 aliphatic carbocycles. The molecule has 5 heteroatoms. The van der Waals surface area contributed by atoms with Gasteiger partial charge in [0.15, 0.2) is 0 Å². The summed E-state index contributed by atoms with van der Waals surface area (Å²) in [4.78, 5) is 8.81. The summed E-state index contributed by atoms with van der Waals surface area (Å²) in [7, 11) is 0. The van der Waals surface area contributed by atoms with Gasteiger partial charge in [0.25, 0.3) is 5.92 Å².